The summed E-state index contributed by atoms with van der Waals surface area (Å²) < 4.78 is 13.1. The van der Waals surface area contributed by atoms with Gasteiger partial charge in [-0.1, -0.05) is 157 Å². The molecule has 0 bridgehead atoms. The second-order valence-corrected chi connectivity index (χ2v) is 17.8. The van der Waals surface area contributed by atoms with Crippen LogP contribution in [0, 0.1) is 11.5 Å². The van der Waals surface area contributed by atoms with Gasteiger partial charge in [0, 0.05) is 53.0 Å². The van der Waals surface area contributed by atoms with Gasteiger partial charge in [-0.05, 0) is 77.0 Å². The van der Waals surface area contributed by atoms with Gasteiger partial charge < -0.3 is 19.7 Å². The molecular formula is C51H99N5O4. The molecule has 0 aliphatic rings. The highest BCUT2D eigenvalue weighted by Gasteiger charge is 2.23. The summed E-state index contributed by atoms with van der Waals surface area (Å²) in [7, 11) is 3.78. The lowest BCUT2D eigenvalue weighted by Gasteiger charge is -2.35. The van der Waals surface area contributed by atoms with Gasteiger partial charge in [-0.3, -0.25) is 14.5 Å². The number of carbonyl (C=O) groups is 2. The number of rotatable bonds is 44. The molecular weight excluding hydrogens is 747 g/mol. The lowest BCUT2D eigenvalue weighted by Crippen LogP contribution is -2.43. The predicted molar refractivity (Wildman–Crippen MR) is 255 cm³/mol. The molecule has 0 amide bonds. The maximum Gasteiger partial charge on any atom is 0.306 e. The Hall–Kier alpha value is -2.18. The molecule has 1 N–H and O–H groups in total. The first-order chi connectivity index (χ1) is 29.3. The summed E-state index contributed by atoms with van der Waals surface area (Å²) in [6.07, 6.45) is 39.7. The van der Waals surface area contributed by atoms with Crippen LogP contribution in [0.25, 0.3) is 0 Å². The van der Waals surface area contributed by atoms with Crippen molar-refractivity contribution in [1.29, 1.82) is 5.26 Å². The van der Waals surface area contributed by atoms with Crippen LogP contribution in [-0.4, -0.2) is 79.7 Å². The van der Waals surface area contributed by atoms with Crippen molar-refractivity contribution in [2.75, 3.05) is 33.7 Å². The second-order valence-electron chi connectivity index (χ2n) is 17.8. The monoisotopic (exact) mass is 846 g/mol. The van der Waals surface area contributed by atoms with Crippen molar-refractivity contribution in [3.63, 3.8) is 0 Å². The molecule has 0 spiro atoms. The number of unbranched alkanes of at least 4 members (excludes halogenated alkanes) is 19. The average molecular weight is 846 g/mol. The Morgan fingerprint density at radius 1 is 0.567 bits per heavy atom. The molecule has 2 atom stereocenters. The molecule has 0 fully saturated rings. The number of guanidine groups is 1. The van der Waals surface area contributed by atoms with E-state index >= 15 is 0 Å². The Balaban J connectivity index is 5.36. The van der Waals surface area contributed by atoms with Crippen LogP contribution in [0.5, 0.6) is 0 Å². The third kappa shape index (κ3) is 35.4. The first-order valence-electron chi connectivity index (χ1n) is 25.7. The Kier molecular flexibility index (Phi) is 41.9. The number of carbonyl (C=O) groups excluding carboxylic acids is 2. The van der Waals surface area contributed by atoms with E-state index in [4.69, 9.17) is 14.7 Å². The normalized spacial score (nSPS) is 12.8. The molecule has 0 saturated carbocycles. The molecule has 60 heavy (non-hydrogen) atoms. The number of nitrogens with one attached hydrogen (secondary N) is 1. The number of hydrogen-bond donors (Lipinski definition) is 1. The zero-order valence-corrected chi connectivity index (χ0v) is 40.8. The third-order valence-electron chi connectivity index (χ3n) is 11.9. The van der Waals surface area contributed by atoms with Gasteiger partial charge in [-0.2, -0.15) is 5.26 Å². The highest BCUT2D eigenvalue weighted by Crippen LogP contribution is 2.22. The first-order valence-corrected chi connectivity index (χ1v) is 25.7. The molecule has 2 unspecified atom stereocenters. The smallest absolute Gasteiger partial charge is 0.306 e. The van der Waals surface area contributed by atoms with Gasteiger partial charge in [0.05, 0.1) is 6.10 Å². The fraction of sp³-hybridized carbons (Fsp3) is 0.922. The molecule has 0 saturated heterocycles. The van der Waals surface area contributed by atoms with Crippen molar-refractivity contribution in [2.45, 2.75) is 271 Å². The Bertz CT molecular complexity index is 1030. The number of ketones is 1. The van der Waals surface area contributed by atoms with E-state index in [9.17, 15) is 9.59 Å². The lowest BCUT2D eigenvalue weighted by atomic mass is 10.0. The minimum absolute atomic E-state index is 0.00200. The van der Waals surface area contributed by atoms with Crippen molar-refractivity contribution in [2.24, 2.45) is 4.99 Å². The van der Waals surface area contributed by atoms with Crippen LogP contribution in [0.1, 0.15) is 253 Å². The van der Waals surface area contributed by atoms with E-state index in [1.807, 2.05) is 25.2 Å². The number of Topliss-reactive ketones (excluding diaryl/α,β-unsaturated/α-hetero) is 1. The quantitative estimate of drug-likeness (QED) is 0.0161. The summed E-state index contributed by atoms with van der Waals surface area (Å²) in [5.74, 6) is 0.929. The number of hydrogen-bond acceptors (Lipinski definition) is 7. The van der Waals surface area contributed by atoms with Gasteiger partial charge in [0.1, 0.15) is 18.1 Å². The maximum atomic E-state index is 13.0. The SMILES string of the molecule is CCCCCCCCC(CCCCCCCC)OC(=O)CCCCCCCN(CCCNC(=NC#N)N(C)C)C(CCCC(=O)CCC)OC(CC)CCCCCCCC. The predicted octanol–water partition coefficient (Wildman–Crippen LogP) is 13.8. The van der Waals surface area contributed by atoms with E-state index in [1.54, 1.807) is 0 Å². The molecule has 0 aliphatic heterocycles. The van der Waals surface area contributed by atoms with Gasteiger partial charge in [-0.15, -0.1) is 4.99 Å². The average Bonchev–Trinajstić information content (AvgIpc) is 3.23. The van der Waals surface area contributed by atoms with E-state index in [-0.39, 0.29) is 24.4 Å². The van der Waals surface area contributed by atoms with E-state index in [0.717, 1.165) is 96.6 Å². The Morgan fingerprint density at radius 3 is 1.58 bits per heavy atom. The first kappa shape index (κ1) is 57.8. The molecule has 9 heteroatoms. The van der Waals surface area contributed by atoms with Gasteiger partial charge >= 0.3 is 5.97 Å². The summed E-state index contributed by atoms with van der Waals surface area (Å²) in [5.41, 5.74) is 0. The highest BCUT2D eigenvalue weighted by molar-refractivity contribution is 5.80. The molecule has 0 radical (unpaired) electrons. The fourth-order valence-corrected chi connectivity index (χ4v) is 8.11. The molecule has 0 heterocycles. The molecule has 0 aromatic carbocycles. The second kappa shape index (κ2) is 43.5. The lowest BCUT2D eigenvalue weighted by molar-refractivity contribution is -0.150. The summed E-state index contributed by atoms with van der Waals surface area (Å²) in [5, 5.41) is 12.5. The van der Waals surface area contributed by atoms with Crippen LogP contribution < -0.4 is 5.32 Å². The molecule has 0 aromatic heterocycles. The van der Waals surface area contributed by atoms with Crippen molar-refractivity contribution < 1.29 is 19.1 Å². The number of aliphatic imine (C=N–C) groups is 1. The molecule has 0 rings (SSSR count). The van der Waals surface area contributed by atoms with Crippen molar-refractivity contribution in [3.8, 4) is 6.19 Å². The number of ether oxygens (including phenoxy) is 2. The maximum absolute atomic E-state index is 13.0. The standard InChI is InChI=1S/C51H99N5O4/c1-8-13-16-19-23-28-37-47(12-5)59-49(40-33-36-46(57)35-11-4)56(44-34-42-53-51(54-45-52)55(6)7)43-32-27-22-26-31-41-50(58)60-48(38-29-24-20-17-14-9-2)39-30-25-21-18-15-10-3/h47-49H,8-44H2,1-7H3,(H,53,54). The third-order valence-corrected chi connectivity index (χ3v) is 11.9. The summed E-state index contributed by atoms with van der Waals surface area (Å²) in [4.78, 5) is 33.8. The van der Waals surface area contributed by atoms with Gasteiger partial charge in [0.25, 0.3) is 0 Å². The van der Waals surface area contributed by atoms with Crippen LogP contribution in [-0.2, 0) is 19.1 Å². The topological polar surface area (TPSA) is 107 Å². The number of nitrogens with zero attached hydrogens (tertiary/aromatic N) is 4. The Labute approximate surface area is 372 Å². The largest absolute Gasteiger partial charge is 0.462 e. The van der Waals surface area contributed by atoms with Gasteiger partial charge in [-0.25, -0.2) is 0 Å². The summed E-state index contributed by atoms with van der Waals surface area (Å²) >= 11 is 0. The van der Waals surface area contributed by atoms with Crippen LogP contribution in [0.2, 0.25) is 0 Å². The van der Waals surface area contributed by atoms with Gasteiger partial charge in [0.15, 0.2) is 0 Å². The van der Waals surface area contributed by atoms with E-state index in [0.29, 0.717) is 37.6 Å². The minimum atomic E-state index is -0.0269. The number of esters is 1. The zero-order chi connectivity index (χ0) is 44.3. The fourth-order valence-electron chi connectivity index (χ4n) is 8.11. The molecule has 352 valence electrons. The summed E-state index contributed by atoms with van der Waals surface area (Å²) in [6, 6.07) is 0. The van der Waals surface area contributed by atoms with Crippen molar-refractivity contribution >= 4 is 17.7 Å². The van der Waals surface area contributed by atoms with Gasteiger partial charge in [0.2, 0.25) is 12.2 Å². The molecule has 0 aliphatic carbocycles. The molecule has 0 aromatic rings. The van der Waals surface area contributed by atoms with Crippen LogP contribution in [0.4, 0.5) is 0 Å². The highest BCUT2D eigenvalue weighted by atomic mass is 16.5. The zero-order valence-electron chi connectivity index (χ0n) is 40.8. The van der Waals surface area contributed by atoms with E-state index in [1.165, 1.54) is 116 Å². The van der Waals surface area contributed by atoms with Crippen LogP contribution >= 0.6 is 0 Å². The van der Waals surface area contributed by atoms with Crippen LogP contribution in [0.15, 0.2) is 4.99 Å². The van der Waals surface area contributed by atoms with Crippen molar-refractivity contribution in [3.05, 3.63) is 0 Å². The van der Waals surface area contributed by atoms with E-state index in [2.05, 4.69) is 49.8 Å². The Morgan fingerprint density at radius 2 is 1.07 bits per heavy atom. The van der Waals surface area contributed by atoms with E-state index < -0.39 is 0 Å². The van der Waals surface area contributed by atoms with Crippen molar-refractivity contribution in [1.82, 2.24) is 15.1 Å². The molecule has 9 nitrogen and oxygen atoms in total. The minimum Gasteiger partial charge on any atom is -0.462 e. The number of nitriles is 1. The van der Waals surface area contributed by atoms with Crippen LogP contribution in [0.3, 0.4) is 0 Å². The summed E-state index contributed by atoms with van der Waals surface area (Å²) in [6.45, 7) is 13.6.